The van der Waals surface area contributed by atoms with Crippen molar-refractivity contribution in [3.05, 3.63) is 11.6 Å². The van der Waals surface area contributed by atoms with E-state index in [0.717, 1.165) is 44.4 Å². The van der Waals surface area contributed by atoms with Gasteiger partial charge in [-0.2, -0.15) is 0 Å². The van der Waals surface area contributed by atoms with Gasteiger partial charge in [-0.25, -0.2) is 0 Å². The molecule has 0 aromatic heterocycles. The third-order valence-electron chi connectivity index (χ3n) is 8.68. The van der Waals surface area contributed by atoms with Crippen LogP contribution in [0.5, 0.6) is 0 Å². The molecule has 0 bridgehead atoms. The fraction of sp³-hybridized carbons (Fsp3) is 0.864. The van der Waals surface area contributed by atoms with E-state index < -0.39 is 0 Å². The van der Waals surface area contributed by atoms with Gasteiger partial charge in [0.25, 0.3) is 0 Å². The lowest BCUT2D eigenvalue weighted by Crippen LogP contribution is -2.50. The molecule has 0 spiro atoms. The van der Waals surface area contributed by atoms with Gasteiger partial charge in [0.15, 0.2) is 0 Å². The zero-order valence-corrected chi connectivity index (χ0v) is 15.8. The smallest absolute Gasteiger partial charge is 0.142 e. The van der Waals surface area contributed by atoms with E-state index in [1.54, 1.807) is 0 Å². The lowest BCUT2D eigenvalue weighted by molar-refractivity contribution is -0.135. The standard InChI is InChI=1S/C22H34O2/c1-13(2)17-12-19-16-6-5-14-11-15(23)7-9-21(14,3)18(16)8-10-22(19,4)20(17)24/h5,13,15-19,23H,6-12H2,1-4H3. The summed E-state index contributed by atoms with van der Waals surface area (Å²) in [5.74, 6) is 3.32. The highest BCUT2D eigenvalue weighted by Crippen LogP contribution is 2.65. The number of hydrogen-bond acceptors (Lipinski definition) is 2. The molecule has 0 heterocycles. The molecule has 0 aromatic rings. The van der Waals surface area contributed by atoms with E-state index in [1.807, 2.05) is 0 Å². The third-order valence-corrected chi connectivity index (χ3v) is 8.68. The van der Waals surface area contributed by atoms with Crippen LogP contribution in [0.3, 0.4) is 0 Å². The van der Waals surface area contributed by atoms with Crippen molar-refractivity contribution in [1.29, 1.82) is 0 Å². The number of aliphatic hydroxyl groups is 1. The van der Waals surface area contributed by atoms with Crippen molar-refractivity contribution < 1.29 is 9.90 Å². The van der Waals surface area contributed by atoms with Crippen molar-refractivity contribution in [1.82, 2.24) is 0 Å². The minimum Gasteiger partial charge on any atom is -0.393 e. The summed E-state index contributed by atoms with van der Waals surface area (Å²) < 4.78 is 0. The van der Waals surface area contributed by atoms with Crippen molar-refractivity contribution in [2.24, 2.45) is 40.4 Å². The van der Waals surface area contributed by atoms with Crippen LogP contribution in [0, 0.1) is 40.4 Å². The van der Waals surface area contributed by atoms with Crippen LogP contribution in [0.4, 0.5) is 0 Å². The molecule has 4 aliphatic rings. The van der Waals surface area contributed by atoms with E-state index in [1.165, 1.54) is 12.0 Å². The van der Waals surface area contributed by atoms with Gasteiger partial charge in [0, 0.05) is 11.3 Å². The molecule has 4 aliphatic carbocycles. The normalized spacial score (nSPS) is 51.0. The SMILES string of the molecule is CC(C)C1CC2C3CC=C4CC(O)CCC4(C)C3CCC2(C)C1=O. The number of carbonyl (C=O) groups excluding carboxylic acids is 1. The summed E-state index contributed by atoms with van der Waals surface area (Å²) in [6.07, 6.45) is 9.85. The second-order valence-corrected chi connectivity index (χ2v) is 10.1. The van der Waals surface area contributed by atoms with Crippen LogP contribution in [0.25, 0.3) is 0 Å². The van der Waals surface area contributed by atoms with E-state index in [4.69, 9.17) is 0 Å². The number of allylic oxidation sites excluding steroid dienone is 1. The summed E-state index contributed by atoms with van der Waals surface area (Å²) in [4.78, 5) is 13.1. The molecule has 7 unspecified atom stereocenters. The molecule has 2 heteroatoms. The summed E-state index contributed by atoms with van der Waals surface area (Å²) in [5.41, 5.74) is 1.74. The number of Topliss-reactive ketones (excluding diaryl/α,β-unsaturated/α-hetero) is 1. The predicted octanol–water partition coefficient (Wildman–Crippen LogP) is 4.76. The van der Waals surface area contributed by atoms with Crippen molar-refractivity contribution in [3.63, 3.8) is 0 Å². The first-order chi connectivity index (χ1) is 11.3. The molecular formula is C22H34O2. The average molecular weight is 331 g/mol. The van der Waals surface area contributed by atoms with Crippen molar-refractivity contribution in [3.8, 4) is 0 Å². The van der Waals surface area contributed by atoms with Gasteiger partial charge in [0.05, 0.1) is 6.10 Å². The lowest BCUT2D eigenvalue weighted by atomic mass is 9.48. The minimum absolute atomic E-state index is 0.0635. The Morgan fingerprint density at radius 2 is 1.83 bits per heavy atom. The molecular weight excluding hydrogens is 296 g/mol. The Morgan fingerprint density at radius 3 is 2.54 bits per heavy atom. The van der Waals surface area contributed by atoms with Gasteiger partial charge in [0.2, 0.25) is 0 Å². The summed E-state index contributed by atoms with van der Waals surface area (Å²) in [5, 5.41) is 10.1. The molecule has 7 atom stereocenters. The van der Waals surface area contributed by atoms with Gasteiger partial charge in [-0.1, -0.05) is 39.3 Å². The molecule has 0 radical (unpaired) electrons. The van der Waals surface area contributed by atoms with Crippen molar-refractivity contribution in [2.75, 3.05) is 0 Å². The van der Waals surface area contributed by atoms with Crippen LogP contribution >= 0.6 is 0 Å². The Hall–Kier alpha value is -0.630. The van der Waals surface area contributed by atoms with E-state index in [0.29, 0.717) is 23.5 Å². The summed E-state index contributed by atoms with van der Waals surface area (Å²) in [6.45, 7) is 9.19. The largest absolute Gasteiger partial charge is 0.393 e. The quantitative estimate of drug-likeness (QED) is 0.704. The van der Waals surface area contributed by atoms with Crippen LogP contribution in [-0.4, -0.2) is 17.0 Å². The topological polar surface area (TPSA) is 37.3 Å². The predicted molar refractivity (Wildman–Crippen MR) is 96.4 cm³/mol. The molecule has 0 amide bonds. The van der Waals surface area contributed by atoms with E-state index in [2.05, 4.69) is 33.8 Å². The number of ketones is 1. The highest BCUT2D eigenvalue weighted by molar-refractivity contribution is 5.89. The number of rotatable bonds is 1. The molecule has 24 heavy (non-hydrogen) atoms. The fourth-order valence-corrected chi connectivity index (χ4v) is 7.08. The van der Waals surface area contributed by atoms with Crippen LogP contribution in [0.15, 0.2) is 11.6 Å². The van der Waals surface area contributed by atoms with Crippen LogP contribution < -0.4 is 0 Å². The van der Waals surface area contributed by atoms with E-state index in [9.17, 15) is 9.90 Å². The number of aliphatic hydroxyl groups excluding tert-OH is 1. The van der Waals surface area contributed by atoms with Crippen LogP contribution in [-0.2, 0) is 4.79 Å². The molecule has 4 rings (SSSR count). The molecule has 0 saturated heterocycles. The monoisotopic (exact) mass is 330 g/mol. The first-order valence-corrected chi connectivity index (χ1v) is 10.2. The highest BCUT2D eigenvalue weighted by Gasteiger charge is 2.61. The summed E-state index contributed by atoms with van der Waals surface area (Å²) in [6, 6.07) is 0. The number of hydrogen-bond donors (Lipinski definition) is 1. The molecule has 3 fully saturated rings. The van der Waals surface area contributed by atoms with E-state index in [-0.39, 0.29) is 22.9 Å². The second-order valence-electron chi connectivity index (χ2n) is 10.1. The number of carbonyl (C=O) groups is 1. The molecule has 3 saturated carbocycles. The maximum Gasteiger partial charge on any atom is 0.142 e. The van der Waals surface area contributed by atoms with Gasteiger partial charge in [-0.05, 0) is 74.0 Å². The zero-order valence-electron chi connectivity index (χ0n) is 15.8. The first-order valence-electron chi connectivity index (χ1n) is 10.2. The van der Waals surface area contributed by atoms with Gasteiger partial charge in [-0.3, -0.25) is 4.79 Å². The molecule has 134 valence electrons. The Morgan fingerprint density at radius 1 is 1.12 bits per heavy atom. The van der Waals surface area contributed by atoms with Gasteiger partial charge in [-0.15, -0.1) is 0 Å². The van der Waals surface area contributed by atoms with Gasteiger partial charge in [0.1, 0.15) is 5.78 Å². The van der Waals surface area contributed by atoms with Crippen LogP contribution in [0.2, 0.25) is 0 Å². The average Bonchev–Trinajstić information content (AvgIpc) is 2.80. The number of fused-ring (bicyclic) bond motifs is 5. The third kappa shape index (κ3) is 2.14. The summed E-state index contributed by atoms with van der Waals surface area (Å²) in [7, 11) is 0. The Balaban J connectivity index is 1.68. The second kappa shape index (κ2) is 5.43. The van der Waals surface area contributed by atoms with Crippen molar-refractivity contribution in [2.45, 2.75) is 78.7 Å². The van der Waals surface area contributed by atoms with Gasteiger partial charge < -0.3 is 5.11 Å². The molecule has 1 N–H and O–H groups in total. The maximum absolute atomic E-state index is 13.1. The van der Waals surface area contributed by atoms with E-state index >= 15 is 0 Å². The first kappa shape index (κ1) is 16.8. The maximum atomic E-state index is 13.1. The minimum atomic E-state index is -0.131. The Kier molecular flexibility index (Phi) is 3.81. The molecule has 0 aromatic carbocycles. The molecule has 2 nitrogen and oxygen atoms in total. The van der Waals surface area contributed by atoms with Gasteiger partial charge >= 0.3 is 0 Å². The lowest BCUT2D eigenvalue weighted by Gasteiger charge is -2.56. The van der Waals surface area contributed by atoms with Crippen molar-refractivity contribution >= 4 is 5.78 Å². The Labute approximate surface area is 147 Å². The summed E-state index contributed by atoms with van der Waals surface area (Å²) >= 11 is 0. The zero-order chi connectivity index (χ0) is 17.3. The van der Waals surface area contributed by atoms with Crippen LogP contribution in [0.1, 0.15) is 72.6 Å². The molecule has 0 aliphatic heterocycles. The highest BCUT2D eigenvalue weighted by atomic mass is 16.3. The Bertz CT molecular complexity index is 577. The fourth-order valence-electron chi connectivity index (χ4n) is 7.08.